The zero-order valence-corrected chi connectivity index (χ0v) is 24.2. The van der Waals surface area contributed by atoms with Gasteiger partial charge in [-0.1, -0.05) is 67.9 Å². The van der Waals surface area contributed by atoms with Crippen LogP contribution in [0.2, 0.25) is 0 Å². The number of tetrazole rings is 1. The van der Waals surface area contributed by atoms with Gasteiger partial charge in [-0.2, -0.15) is 5.21 Å². The summed E-state index contributed by atoms with van der Waals surface area (Å²) in [5.74, 6) is 2.60. The molecule has 0 amide bonds. The van der Waals surface area contributed by atoms with E-state index < -0.39 is 0 Å². The minimum absolute atomic E-state index is 0.588. The monoisotopic (exact) mass is 560 g/mol. The first-order valence-electron chi connectivity index (χ1n) is 14.7. The predicted molar refractivity (Wildman–Crippen MR) is 164 cm³/mol. The number of benzene rings is 3. The number of aromatic amines is 1. The summed E-state index contributed by atoms with van der Waals surface area (Å²) < 4.78 is 10.9. The summed E-state index contributed by atoms with van der Waals surface area (Å²) in [5, 5.41) is 14.7. The molecule has 6 aromatic rings. The maximum Gasteiger partial charge on any atom is 0.205 e. The molecule has 3 aromatic carbocycles. The molecule has 0 aliphatic carbocycles. The Kier molecular flexibility index (Phi) is 8.35. The van der Waals surface area contributed by atoms with Crippen LogP contribution in [0.1, 0.15) is 49.6 Å². The molecule has 0 fully saturated rings. The van der Waals surface area contributed by atoms with E-state index >= 15 is 0 Å². The number of H-pyrrole nitrogens is 1. The first kappa shape index (κ1) is 27.4. The van der Waals surface area contributed by atoms with E-state index in [4.69, 9.17) is 9.72 Å². The maximum atomic E-state index is 6.41. The van der Waals surface area contributed by atoms with Gasteiger partial charge in [0.25, 0.3) is 0 Å². The Hall–Kier alpha value is -4.79. The second kappa shape index (κ2) is 12.8. The largest absolute Gasteiger partial charge is 0.491 e. The number of aryl methyl sites for hydroxylation is 3. The van der Waals surface area contributed by atoms with Crippen LogP contribution >= 0.6 is 0 Å². The summed E-state index contributed by atoms with van der Waals surface area (Å²) in [6.07, 6.45) is 10.8. The lowest BCUT2D eigenvalue weighted by Gasteiger charge is -2.14. The minimum Gasteiger partial charge on any atom is -0.491 e. The SMILES string of the molecule is CCCCc1nc2c(C)ccc(OCCCCn3ccnc3)c2n1Cc1ccc(-c2ccccc2-c2nn[nH]n2)cc1. The molecule has 9 heteroatoms. The lowest BCUT2D eigenvalue weighted by Crippen LogP contribution is -2.07. The quantitative estimate of drug-likeness (QED) is 0.159. The summed E-state index contributed by atoms with van der Waals surface area (Å²) in [4.78, 5) is 9.27. The Balaban J connectivity index is 1.26. The fraction of sp³-hybridized carbons (Fsp3) is 0.303. The van der Waals surface area contributed by atoms with Gasteiger partial charge in [0.15, 0.2) is 0 Å². The highest BCUT2D eigenvalue weighted by molar-refractivity contribution is 5.86. The summed E-state index contributed by atoms with van der Waals surface area (Å²) in [5.41, 5.74) is 7.62. The molecule has 0 radical (unpaired) electrons. The Labute approximate surface area is 245 Å². The fourth-order valence-corrected chi connectivity index (χ4v) is 5.37. The average Bonchev–Trinajstić information content (AvgIpc) is 3.80. The molecule has 0 spiro atoms. The minimum atomic E-state index is 0.588. The smallest absolute Gasteiger partial charge is 0.205 e. The van der Waals surface area contributed by atoms with Crippen molar-refractivity contribution in [2.24, 2.45) is 0 Å². The molecular weight excluding hydrogens is 524 g/mol. The average molecular weight is 561 g/mol. The van der Waals surface area contributed by atoms with Crippen LogP contribution in [0.5, 0.6) is 5.75 Å². The Morgan fingerprint density at radius 1 is 0.929 bits per heavy atom. The second-order valence-electron chi connectivity index (χ2n) is 10.6. The lowest BCUT2D eigenvalue weighted by molar-refractivity contribution is 0.305. The number of hydrogen-bond donors (Lipinski definition) is 1. The zero-order chi connectivity index (χ0) is 28.7. The third kappa shape index (κ3) is 5.95. The fourth-order valence-electron chi connectivity index (χ4n) is 5.37. The van der Waals surface area contributed by atoms with Gasteiger partial charge in [0.1, 0.15) is 17.1 Å². The molecule has 0 aliphatic heterocycles. The van der Waals surface area contributed by atoms with Crippen LogP contribution in [-0.4, -0.2) is 46.3 Å². The van der Waals surface area contributed by atoms with E-state index in [-0.39, 0.29) is 0 Å². The second-order valence-corrected chi connectivity index (χ2v) is 10.6. The number of imidazole rings is 2. The van der Waals surface area contributed by atoms with Crippen LogP contribution in [0.3, 0.4) is 0 Å². The van der Waals surface area contributed by atoms with Gasteiger partial charge in [-0.15, -0.1) is 10.2 Å². The third-order valence-corrected chi connectivity index (χ3v) is 7.64. The normalized spacial score (nSPS) is 11.4. The molecule has 6 rings (SSSR count). The molecule has 0 saturated heterocycles. The van der Waals surface area contributed by atoms with E-state index in [1.807, 2.05) is 36.9 Å². The van der Waals surface area contributed by atoms with Crippen molar-refractivity contribution in [2.75, 3.05) is 6.61 Å². The van der Waals surface area contributed by atoms with Crippen molar-refractivity contribution in [3.63, 3.8) is 0 Å². The van der Waals surface area contributed by atoms with E-state index in [0.29, 0.717) is 12.4 Å². The van der Waals surface area contributed by atoms with Crippen LogP contribution in [0.25, 0.3) is 33.5 Å². The molecule has 0 aliphatic rings. The van der Waals surface area contributed by atoms with Crippen LogP contribution in [0.4, 0.5) is 0 Å². The molecule has 0 atom stereocenters. The topological polar surface area (TPSA) is 99.3 Å². The van der Waals surface area contributed by atoms with Crippen LogP contribution < -0.4 is 4.74 Å². The van der Waals surface area contributed by atoms with Gasteiger partial charge >= 0.3 is 0 Å². The Morgan fingerprint density at radius 2 is 1.79 bits per heavy atom. The first-order valence-corrected chi connectivity index (χ1v) is 14.7. The van der Waals surface area contributed by atoms with Gasteiger partial charge in [0.05, 0.1) is 18.5 Å². The van der Waals surface area contributed by atoms with E-state index in [1.165, 1.54) is 11.1 Å². The summed E-state index contributed by atoms with van der Waals surface area (Å²) in [6, 6.07) is 21.1. The van der Waals surface area contributed by atoms with E-state index in [1.54, 1.807) is 0 Å². The molecule has 214 valence electrons. The van der Waals surface area contributed by atoms with E-state index in [9.17, 15) is 0 Å². The van der Waals surface area contributed by atoms with Crippen LogP contribution in [0, 0.1) is 6.92 Å². The van der Waals surface area contributed by atoms with Crippen molar-refractivity contribution in [1.29, 1.82) is 0 Å². The van der Waals surface area contributed by atoms with Gasteiger partial charge in [-0.25, -0.2) is 9.97 Å². The third-order valence-electron chi connectivity index (χ3n) is 7.64. The number of hydrogen-bond acceptors (Lipinski definition) is 6. The number of fused-ring (bicyclic) bond motifs is 1. The number of nitrogens with zero attached hydrogens (tertiary/aromatic N) is 7. The van der Waals surface area contributed by atoms with Crippen molar-refractivity contribution < 1.29 is 4.74 Å². The molecule has 0 bridgehead atoms. The number of unbranched alkanes of at least 4 members (excludes halogenated alkanes) is 2. The number of aromatic nitrogens is 8. The Bertz CT molecular complexity index is 1720. The lowest BCUT2D eigenvalue weighted by atomic mass is 9.98. The maximum absolute atomic E-state index is 6.41. The van der Waals surface area contributed by atoms with Crippen LogP contribution in [0.15, 0.2) is 79.4 Å². The molecule has 3 aromatic heterocycles. The molecule has 9 nitrogen and oxygen atoms in total. The highest BCUT2D eigenvalue weighted by atomic mass is 16.5. The molecule has 42 heavy (non-hydrogen) atoms. The number of nitrogens with one attached hydrogen (secondary N) is 1. The molecular formula is C33H36N8O. The highest BCUT2D eigenvalue weighted by Crippen LogP contribution is 2.33. The van der Waals surface area contributed by atoms with Gasteiger partial charge in [0, 0.05) is 37.5 Å². The molecule has 0 unspecified atom stereocenters. The van der Waals surface area contributed by atoms with Gasteiger partial charge in [-0.05, 0) is 59.7 Å². The number of rotatable bonds is 13. The van der Waals surface area contributed by atoms with Crippen molar-refractivity contribution in [3.8, 4) is 28.3 Å². The molecule has 0 saturated carbocycles. The zero-order valence-electron chi connectivity index (χ0n) is 24.2. The first-order chi connectivity index (χ1) is 20.7. The summed E-state index contributed by atoms with van der Waals surface area (Å²) in [7, 11) is 0. The molecule has 3 heterocycles. The van der Waals surface area contributed by atoms with Gasteiger partial charge < -0.3 is 13.9 Å². The van der Waals surface area contributed by atoms with Crippen molar-refractivity contribution in [3.05, 3.63) is 96.3 Å². The van der Waals surface area contributed by atoms with E-state index in [0.717, 1.165) is 84.5 Å². The predicted octanol–water partition coefficient (Wildman–Crippen LogP) is 6.64. The molecule has 1 N–H and O–H groups in total. The summed E-state index contributed by atoms with van der Waals surface area (Å²) >= 11 is 0. The number of ether oxygens (including phenoxy) is 1. The van der Waals surface area contributed by atoms with Crippen molar-refractivity contribution in [2.45, 2.75) is 59.0 Å². The Morgan fingerprint density at radius 3 is 2.55 bits per heavy atom. The van der Waals surface area contributed by atoms with Crippen molar-refractivity contribution >= 4 is 11.0 Å². The highest BCUT2D eigenvalue weighted by Gasteiger charge is 2.18. The van der Waals surface area contributed by atoms with Crippen LogP contribution in [-0.2, 0) is 19.5 Å². The van der Waals surface area contributed by atoms with E-state index in [2.05, 4.69) is 91.1 Å². The summed E-state index contributed by atoms with van der Waals surface area (Å²) in [6.45, 7) is 6.69. The standard InChI is InChI=1S/C33H36N8O/c1-3-4-11-30-35-31-24(2)12-17-29(42-21-8-7-19-40-20-18-34-23-40)32(31)41(30)22-25-13-15-26(16-14-25)27-9-5-6-10-28(27)33-36-38-39-37-33/h5-6,9-10,12-18,20,23H,3-4,7-8,11,19,21-22H2,1-2H3,(H,36,37,38,39). The van der Waals surface area contributed by atoms with Gasteiger partial charge in [-0.3, -0.25) is 0 Å². The van der Waals surface area contributed by atoms with Gasteiger partial charge in [0.2, 0.25) is 5.82 Å². The van der Waals surface area contributed by atoms with Crippen molar-refractivity contribution in [1.82, 2.24) is 39.7 Å².